The molecule has 0 aliphatic heterocycles. The third kappa shape index (κ3) is 3.45. The molecule has 3 N–H and O–H groups in total. The zero-order valence-electron chi connectivity index (χ0n) is 11.5. The van der Waals surface area contributed by atoms with Crippen LogP contribution in [0.5, 0.6) is 5.75 Å². The molecule has 106 valence electrons. The lowest BCUT2D eigenvalue weighted by atomic mass is 9.87. The third-order valence-corrected chi connectivity index (χ3v) is 4.09. The Morgan fingerprint density at radius 2 is 1.95 bits per heavy atom. The van der Waals surface area contributed by atoms with Gasteiger partial charge in [-0.25, -0.2) is 4.39 Å². The zero-order chi connectivity index (χ0) is 13.7. The number of hydrazine groups is 1. The minimum Gasteiger partial charge on any atom is -0.494 e. The number of rotatable bonds is 4. The topological polar surface area (TPSA) is 47.3 Å². The quantitative estimate of drug-likeness (QED) is 0.499. The molecule has 0 amide bonds. The van der Waals surface area contributed by atoms with Crippen LogP contribution in [0.4, 0.5) is 4.39 Å². The molecule has 1 aromatic carbocycles. The van der Waals surface area contributed by atoms with Gasteiger partial charge >= 0.3 is 0 Å². The molecule has 3 nitrogen and oxygen atoms in total. The molecule has 19 heavy (non-hydrogen) atoms. The van der Waals surface area contributed by atoms with Gasteiger partial charge in [-0.05, 0) is 36.5 Å². The number of methoxy groups -OCH3 is 1. The largest absolute Gasteiger partial charge is 0.494 e. The summed E-state index contributed by atoms with van der Waals surface area (Å²) in [6, 6.07) is 5.08. The zero-order valence-corrected chi connectivity index (χ0v) is 11.5. The van der Waals surface area contributed by atoms with E-state index in [2.05, 4.69) is 5.43 Å². The second-order valence-corrected chi connectivity index (χ2v) is 5.29. The molecule has 0 radical (unpaired) electrons. The molecule has 1 atom stereocenters. The summed E-state index contributed by atoms with van der Waals surface area (Å²) < 4.78 is 18.5. The molecule has 1 unspecified atom stereocenters. The summed E-state index contributed by atoms with van der Waals surface area (Å²) in [6.07, 6.45) is 7.46. The van der Waals surface area contributed by atoms with Crippen LogP contribution < -0.4 is 16.0 Å². The van der Waals surface area contributed by atoms with Gasteiger partial charge in [0, 0.05) is 6.04 Å². The van der Waals surface area contributed by atoms with E-state index in [4.69, 9.17) is 10.6 Å². The molecule has 0 saturated heterocycles. The Labute approximate surface area is 114 Å². The second kappa shape index (κ2) is 6.87. The fraction of sp³-hybridized carbons (Fsp3) is 0.600. The highest BCUT2D eigenvalue weighted by molar-refractivity contribution is 5.32. The lowest BCUT2D eigenvalue weighted by Gasteiger charge is -2.26. The molecule has 0 bridgehead atoms. The lowest BCUT2D eigenvalue weighted by Crippen LogP contribution is -2.33. The lowest BCUT2D eigenvalue weighted by molar-refractivity contribution is 0.326. The van der Waals surface area contributed by atoms with Crippen molar-refractivity contribution in [1.29, 1.82) is 0 Å². The molecule has 0 aromatic heterocycles. The van der Waals surface area contributed by atoms with Crippen molar-refractivity contribution in [3.63, 3.8) is 0 Å². The summed E-state index contributed by atoms with van der Waals surface area (Å²) in [6.45, 7) is 0. The van der Waals surface area contributed by atoms with E-state index in [1.807, 2.05) is 0 Å². The summed E-state index contributed by atoms with van der Waals surface area (Å²) in [7, 11) is 1.48. The van der Waals surface area contributed by atoms with Crippen LogP contribution in [0.15, 0.2) is 18.2 Å². The van der Waals surface area contributed by atoms with E-state index in [0.717, 1.165) is 5.56 Å². The highest BCUT2D eigenvalue weighted by atomic mass is 19.1. The van der Waals surface area contributed by atoms with E-state index in [9.17, 15) is 4.39 Å². The van der Waals surface area contributed by atoms with Crippen molar-refractivity contribution in [2.75, 3.05) is 7.11 Å². The molecule has 4 heteroatoms. The van der Waals surface area contributed by atoms with E-state index in [0.29, 0.717) is 5.92 Å². The first-order valence-corrected chi connectivity index (χ1v) is 7.06. The van der Waals surface area contributed by atoms with Gasteiger partial charge in [-0.2, -0.15) is 0 Å². The third-order valence-electron chi connectivity index (χ3n) is 4.09. The molecular weight excluding hydrogens is 243 g/mol. The number of benzene rings is 1. The number of nitrogens with two attached hydrogens (primary N) is 1. The van der Waals surface area contributed by atoms with Crippen LogP contribution in [0.1, 0.15) is 50.1 Å². The van der Waals surface area contributed by atoms with E-state index < -0.39 is 0 Å². The van der Waals surface area contributed by atoms with Crippen LogP contribution in [-0.2, 0) is 0 Å². The fourth-order valence-corrected chi connectivity index (χ4v) is 3.02. The van der Waals surface area contributed by atoms with Gasteiger partial charge in [0.25, 0.3) is 0 Å². The van der Waals surface area contributed by atoms with Gasteiger partial charge in [0.15, 0.2) is 11.6 Å². The molecule has 2 rings (SSSR count). The smallest absolute Gasteiger partial charge is 0.165 e. The number of ether oxygens (including phenoxy) is 1. The first kappa shape index (κ1) is 14.3. The number of hydrogen-bond donors (Lipinski definition) is 2. The Morgan fingerprint density at radius 1 is 1.26 bits per heavy atom. The van der Waals surface area contributed by atoms with E-state index in [1.165, 1.54) is 51.7 Å². The monoisotopic (exact) mass is 266 g/mol. The van der Waals surface area contributed by atoms with Crippen molar-refractivity contribution in [2.45, 2.75) is 44.6 Å². The maximum atomic E-state index is 13.5. The highest BCUT2D eigenvalue weighted by Gasteiger charge is 2.24. The molecule has 1 aromatic rings. The van der Waals surface area contributed by atoms with Crippen molar-refractivity contribution in [3.05, 3.63) is 29.6 Å². The Kier molecular flexibility index (Phi) is 5.16. The van der Waals surface area contributed by atoms with Gasteiger partial charge < -0.3 is 4.74 Å². The summed E-state index contributed by atoms with van der Waals surface area (Å²) >= 11 is 0. The van der Waals surface area contributed by atoms with E-state index in [1.54, 1.807) is 12.1 Å². The molecule has 1 aliphatic rings. The second-order valence-electron chi connectivity index (χ2n) is 5.29. The average Bonchev–Trinajstić information content (AvgIpc) is 2.70. The van der Waals surface area contributed by atoms with Crippen LogP contribution >= 0.6 is 0 Å². The Hall–Kier alpha value is -1.13. The normalized spacial score (nSPS) is 18.9. The van der Waals surface area contributed by atoms with Crippen molar-refractivity contribution in [3.8, 4) is 5.75 Å². The predicted molar refractivity (Wildman–Crippen MR) is 74.2 cm³/mol. The summed E-state index contributed by atoms with van der Waals surface area (Å²) in [5.41, 5.74) is 3.92. The molecule has 1 saturated carbocycles. The molecule has 0 heterocycles. The van der Waals surface area contributed by atoms with Crippen LogP contribution in [0.3, 0.4) is 0 Å². The minimum absolute atomic E-state index is 0.0765. The van der Waals surface area contributed by atoms with Gasteiger partial charge in [-0.15, -0.1) is 0 Å². The minimum atomic E-state index is -0.331. The maximum absolute atomic E-state index is 13.5. The average molecular weight is 266 g/mol. The molecular formula is C15H23FN2O. The van der Waals surface area contributed by atoms with E-state index in [-0.39, 0.29) is 17.6 Å². The van der Waals surface area contributed by atoms with Gasteiger partial charge in [-0.3, -0.25) is 11.3 Å². The summed E-state index contributed by atoms with van der Waals surface area (Å²) in [5, 5.41) is 0. The van der Waals surface area contributed by atoms with E-state index >= 15 is 0 Å². The SMILES string of the molecule is COc1cc(C(NN)C2CCCCCC2)ccc1F. The fourth-order valence-electron chi connectivity index (χ4n) is 3.02. The van der Waals surface area contributed by atoms with Gasteiger partial charge in [0.2, 0.25) is 0 Å². The Balaban J connectivity index is 2.20. The first-order valence-electron chi connectivity index (χ1n) is 7.06. The van der Waals surface area contributed by atoms with Crippen LogP contribution in [0.25, 0.3) is 0 Å². The maximum Gasteiger partial charge on any atom is 0.165 e. The van der Waals surface area contributed by atoms with Crippen LogP contribution in [0.2, 0.25) is 0 Å². The van der Waals surface area contributed by atoms with Gasteiger partial charge in [0.1, 0.15) is 0 Å². The van der Waals surface area contributed by atoms with Gasteiger partial charge in [-0.1, -0.05) is 31.7 Å². The summed E-state index contributed by atoms with van der Waals surface area (Å²) in [4.78, 5) is 0. The van der Waals surface area contributed by atoms with Crippen molar-refractivity contribution >= 4 is 0 Å². The molecule has 1 aliphatic carbocycles. The standard InChI is InChI=1S/C15H23FN2O/c1-19-14-10-12(8-9-13(14)16)15(18-17)11-6-4-2-3-5-7-11/h8-11,15,18H,2-7,17H2,1H3. The highest BCUT2D eigenvalue weighted by Crippen LogP contribution is 2.34. The van der Waals surface area contributed by atoms with Gasteiger partial charge in [0.05, 0.1) is 7.11 Å². The number of nitrogens with one attached hydrogen (secondary N) is 1. The number of hydrogen-bond acceptors (Lipinski definition) is 3. The first-order chi connectivity index (χ1) is 9.26. The van der Waals surface area contributed by atoms with Crippen molar-refractivity contribution in [2.24, 2.45) is 11.8 Å². The predicted octanol–water partition coefficient (Wildman–Crippen LogP) is 3.31. The Bertz CT molecular complexity index is 403. The van der Waals surface area contributed by atoms with Crippen LogP contribution in [0, 0.1) is 11.7 Å². The molecule has 1 fully saturated rings. The van der Waals surface area contributed by atoms with Crippen molar-refractivity contribution in [1.82, 2.24) is 5.43 Å². The van der Waals surface area contributed by atoms with Crippen LogP contribution in [-0.4, -0.2) is 7.11 Å². The summed E-state index contributed by atoms with van der Waals surface area (Å²) in [5.74, 6) is 6.20. The van der Waals surface area contributed by atoms with Crippen molar-refractivity contribution < 1.29 is 9.13 Å². The Morgan fingerprint density at radius 3 is 2.53 bits per heavy atom. The number of halogens is 1. The molecule has 0 spiro atoms.